The molecule has 2 aromatic carbocycles. The Kier molecular flexibility index (Phi) is 5.93. The van der Waals surface area contributed by atoms with E-state index < -0.39 is 0 Å². The number of likely N-dealkylation sites (N-methyl/N-ethyl adjacent to an activating group) is 1. The minimum absolute atomic E-state index is 0.0241. The Morgan fingerprint density at radius 3 is 2.86 bits per heavy atom. The van der Waals surface area contributed by atoms with Crippen LogP contribution in [0.2, 0.25) is 0 Å². The highest BCUT2D eigenvalue weighted by Crippen LogP contribution is 2.33. The molecular formula is C23H28N2O2S. The maximum Gasteiger partial charge on any atom is 0.255 e. The highest BCUT2D eigenvalue weighted by atomic mass is 32.2. The molecule has 0 bridgehead atoms. The first-order chi connectivity index (χ1) is 13.7. The van der Waals surface area contributed by atoms with Crippen LogP contribution >= 0.6 is 11.8 Å². The summed E-state index contributed by atoms with van der Waals surface area (Å²) in [7, 11) is 0. The summed E-state index contributed by atoms with van der Waals surface area (Å²) in [5.74, 6) is 0.756. The minimum atomic E-state index is -0.0241. The van der Waals surface area contributed by atoms with Gasteiger partial charge < -0.3 is 10.1 Å². The van der Waals surface area contributed by atoms with Gasteiger partial charge in [0.2, 0.25) is 0 Å². The Bertz CT molecular complexity index is 868. The van der Waals surface area contributed by atoms with Crippen LogP contribution in [-0.4, -0.2) is 42.8 Å². The van der Waals surface area contributed by atoms with Crippen LogP contribution in [-0.2, 0) is 19.4 Å². The summed E-state index contributed by atoms with van der Waals surface area (Å²) in [4.78, 5) is 16.6. The SMILES string of the molecule is CCN1Cc2ccccc2C[C@@H]1CNC(=O)c1cc(SC)cc2c1OCCC2. The van der Waals surface area contributed by atoms with Gasteiger partial charge in [-0.2, -0.15) is 0 Å². The van der Waals surface area contributed by atoms with Crippen molar-refractivity contribution >= 4 is 17.7 Å². The Hall–Kier alpha value is -1.98. The molecule has 5 heteroatoms. The highest BCUT2D eigenvalue weighted by molar-refractivity contribution is 7.98. The Balaban J connectivity index is 1.50. The lowest BCUT2D eigenvalue weighted by Gasteiger charge is -2.36. The number of nitrogens with zero attached hydrogens (tertiary/aromatic N) is 1. The number of thioether (sulfide) groups is 1. The third-order valence-corrected chi connectivity index (χ3v) is 6.53. The molecule has 1 N–H and O–H groups in total. The van der Waals surface area contributed by atoms with E-state index in [4.69, 9.17) is 4.74 Å². The van der Waals surface area contributed by atoms with Gasteiger partial charge in [0.1, 0.15) is 5.75 Å². The number of aryl methyl sites for hydroxylation is 1. The fraction of sp³-hybridized carbons (Fsp3) is 0.435. The number of amides is 1. The van der Waals surface area contributed by atoms with Gasteiger partial charge in [0.05, 0.1) is 12.2 Å². The zero-order chi connectivity index (χ0) is 19.5. The molecule has 148 valence electrons. The first kappa shape index (κ1) is 19.3. The molecule has 2 aromatic rings. The van der Waals surface area contributed by atoms with Crippen LogP contribution in [0.3, 0.4) is 0 Å². The summed E-state index contributed by atoms with van der Waals surface area (Å²) in [6.07, 6.45) is 5.02. The second-order valence-electron chi connectivity index (χ2n) is 7.52. The molecule has 0 aromatic heterocycles. The third kappa shape index (κ3) is 3.91. The van der Waals surface area contributed by atoms with E-state index in [9.17, 15) is 4.79 Å². The van der Waals surface area contributed by atoms with Gasteiger partial charge in [0.25, 0.3) is 5.91 Å². The highest BCUT2D eigenvalue weighted by Gasteiger charge is 2.26. The lowest BCUT2D eigenvalue weighted by Crippen LogP contribution is -2.47. The molecule has 0 unspecified atom stereocenters. The second kappa shape index (κ2) is 8.58. The van der Waals surface area contributed by atoms with E-state index in [2.05, 4.69) is 47.5 Å². The van der Waals surface area contributed by atoms with Crippen molar-refractivity contribution in [3.05, 3.63) is 58.7 Å². The molecule has 2 heterocycles. The summed E-state index contributed by atoms with van der Waals surface area (Å²) in [5.41, 5.74) is 4.64. The topological polar surface area (TPSA) is 41.6 Å². The van der Waals surface area contributed by atoms with Crippen molar-refractivity contribution in [2.75, 3.05) is 26.0 Å². The van der Waals surface area contributed by atoms with Gasteiger partial charge in [0.15, 0.2) is 0 Å². The molecule has 4 rings (SSSR count). The average Bonchev–Trinajstić information content (AvgIpc) is 2.75. The molecule has 2 aliphatic rings. The van der Waals surface area contributed by atoms with E-state index in [0.717, 1.165) is 48.6 Å². The monoisotopic (exact) mass is 396 g/mol. The van der Waals surface area contributed by atoms with Gasteiger partial charge in [-0.3, -0.25) is 9.69 Å². The van der Waals surface area contributed by atoms with E-state index >= 15 is 0 Å². The van der Waals surface area contributed by atoms with Crippen LogP contribution in [0.5, 0.6) is 5.75 Å². The van der Waals surface area contributed by atoms with Crippen molar-refractivity contribution in [3.63, 3.8) is 0 Å². The largest absolute Gasteiger partial charge is 0.492 e. The first-order valence-electron chi connectivity index (χ1n) is 10.1. The number of ether oxygens (including phenoxy) is 1. The molecule has 0 saturated heterocycles. The van der Waals surface area contributed by atoms with Crippen LogP contribution < -0.4 is 10.1 Å². The number of carbonyl (C=O) groups excluding carboxylic acids is 1. The number of hydrogen-bond donors (Lipinski definition) is 1. The van der Waals surface area contributed by atoms with E-state index in [1.807, 2.05) is 12.3 Å². The van der Waals surface area contributed by atoms with Gasteiger partial charge in [-0.15, -0.1) is 11.8 Å². The maximum atomic E-state index is 13.0. The number of carbonyl (C=O) groups is 1. The van der Waals surface area contributed by atoms with Crippen molar-refractivity contribution in [1.82, 2.24) is 10.2 Å². The Labute approximate surface area is 171 Å². The standard InChI is InChI=1S/C23H28N2O2S/c1-3-25-15-18-8-5-4-7-16(18)11-19(25)14-24-23(26)21-13-20(28-2)12-17-9-6-10-27-22(17)21/h4-5,7-8,12-13,19H,3,6,9-11,14-15H2,1-2H3,(H,24,26)/t19-/m1/s1. The predicted octanol–water partition coefficient (Wildman–Crippen LogP) is 3.91. The van der Waals surface area contributed by atoms with Crippen molar-refractivity contribution in [1.29, 1.82) is 0 Å². The van der Waals surface area contributed by atoms with E-state index in [0.29, 0.717) is 24.8 Å². The molecule has 1 atom stereocenters. The molecule has 1 amide bonds. The molecule has 0 radical (unpaired) electrons. The smallest absolute Gasteiger partial charge is 0.255 e. The van der Waals surface area contributed by atoms with Gasteiger partial charge in [-0.05, 0) is 60.9 Å². The molecular weight excluding hydrogens is 368 g/mol. The molecule has 28 heavy (non-hydrogen) atoms. The fourth-order valence-electron chi connectivity index (χ4n) is 4.26. The maximum absolute atomic E-state index is 13.0. The molecule has 0 saturated carbocycles. The third-order valence-electron chi connectivity index (χ3n) is 5.82. The molecule has 0 fully saturated rings. The van der Waals surface area contributed by atoms with Crippen LogP contribution in [0.25, 0.3) is 0 Å². The molecule has 0 spiro atoms. The van der Waals surface area contributed by atoms with E-state index in [1.54, 1.807) is 11.8 Å². The Morgan fingerprint density at radius 2 is 2.07 bits per heavy atom. The number of rotatable bonds is 5. The van der Waals surface area contributed by atoms with Gasteiger partial charge >= 0.3 is 0 Å². The van der Waals surface area contributed by atoms with Crippen LogP contribution in [0.15, 0.2) is 41.3 Å². The lowest BCUT2D eigenvalue weighted by molar-refractivity contribution is 0.0922. The van der Waals surface area contributed by atoms with Gasteiger partial charge in [-0.25, -0.2) is 0 Å². The van der Waals surface area contributed by atoms with Crippen molar-refractivity contribution in [3.8, 4) is 5.75 Å². The molecule has 2 aliphatic heterocycles. The summed E-state index contributed by atoms with van der Waals surface area (Å²) in [6.45, 7) is 5.46. The minimum Gasteiger partial charge on any atom is -0.492 e. The summed E-state index contributed by atoms with van der Waals surface area (Å²) in [6, 6.07) is 13.1. The summed E-state index contributed by atoms with van der Waals surface area (Å²) >= 11 is 1.67. The summed E-state index contributed by atoms with van der Waals surface area (Å²) in [5, 5.41) is 3.20. The van der Waals surface area contributed by atoms with Crippen LogP contribution in [0.1, 0.15) is 40.4 Å². The number of benzene rings is 2. The molecule has 4 nitrogen and oxygen atoms in total. The van der Waals surface area contributed by atoms with Crippen molar-refractivity contribution in [2.24, 2.45) is 0 Å². The van der Waals surface area contributed by atoms with E-state index in [1.165, 1.54) is 11.1 Å². The van der Waals surface area contributed by atoms with Crippen LogP contribution in [0, 0.1) is 0 Å². The zero-order valence-corrected chi connectivity index (χ0v) is 17.5. The second-order valence-corrected chi connectivity index (χ2v) is 8.39. The first-order valence-corrected chi connectivity index (χ1v) is 11.3. The van der Waals surface area contributed by atoms with E-state index in [-0.39, 0.29) is 5.91 Å². The quantitative estimate of drug-likeness (QED) is 0.778. The van der Waals surface area contributed by atoms with Crippen LogP contribution in [0.4, 0.5) is 0 Å². The van der Waals surface area contributed by atoms with Gasteiger partial charge in [0, 0.05) is 24.0 Å². The summed E-state index contributed by atoms with van der Waals surface area (Å²) < 4.78 is 5.88. The van der Waals surface area contributed by atoms with Gasteiger partial charge in [-0.1, -0.05) is 31.2 Å². The number of nitrogens with one attached hydrogen (secondary N) is 1. The normalized spacial score (nSPS) is 18.7. The Morgan fingerprint density at radius 1 is 1.25 bits per heavy atom. The predicted molar refractivity (Wildman–Crippen MR) is 114 cm³/mol. The average molecular weight is 397 g/mol. The molecule has 0 aliphatic carbocycles. The number of hydrogen-bond acceptors (Lipinski definition) is 4. The van der Waals surface area contributed by atoms with Crippen molar-refractivity contribution in [2.45, 2.75) is 43.7 Å². The number of fused-ring (bicyclic) bond motifs is 2. The lowest BCUT2D eigenvalue weighted by atomic mass is 9.94. The zero-order valence-electron chi connectivity index (χ0n) is 16.7. The van der Waals surface area contributed by atoms with Crippen molar-refractivity contribution < 1.29 is 9.53 Å². The fourth-order valence-corrected chi connectivity index (χ4v) is 4.75.